The lowest BCUT2D eigenvalue weighted by Crippen LogP contribution is -2.02. The van der Waals surface area contributed by atoms with Crippen molar-refractivity contribution in [3.05, 3.63) is 16.2 Å². The molecule has 0 spiro atoms. The van der Waals surface area contributed by atoms with E-state index in [4.69, 9.17) is 10.3 Å². The molecule has 0 aromatic carbocycles. The summed E-state index contributed by atoms with van der Waals surface area (Å²) in [4.78, 5) is 8.73. The van der Waals surface area contributed by atoms with Crippen molar-refractivity contribution in [2.45, 2.75) is 26.7 Å². The highest BCUT2D eigenvalue weighted by molar-refractivity contribution is 7.09. The zero-order valence-electron chi connectivity index (χ0n) is 10.0. The lowest BCUT2D eigenvalue weighted by molar-refractivity contribution is 0.417. The van der Waals surface area contributed by atoms with E-state index in [1.54, 1.807) is 11.3 Å². The van der Waals surface area contributed by atoms with Gasteiger partial charge < -0.3 is 10.3 Å². The second-order valence-electron chi connectivity index (χ2n) is 4.28. The van der Waals surface area contributed by atoms with Gasteiger partial charge in [-0.25, -0.2) is 4.98 Å². The van der Waals surface area contributed by atoms with Crippen molar-refractivity contribution in [1.29, 1.82) is 0 Å². The molecule has 0 aliphatic carbocycles. The van der Waals surface area contributed by atoms with Crippen molar-refractivity contribution in [3.8, 4) is 11.6 Å². The van der Waals surface area contributed by atoms with Crippen LogP contribution in [0.2, 0.25) is 0 Å². The van der Waals surface area contributed by atoms with Crippen molar-refractivity contribution in [1.82, 2.24) is 15.1 Å². The van der Waals surface area contributed by atoms with Gasteiger partial charge in [0.2, 0.25) is 0 Å². The molecule has 0 aliphatic rings. The quantitative estimate of drug-likeness (QED) is 0.879. The van der Waals surface area contributed by atoms with E-state index in [0.717, 1.165) is 29.4 Å². The molecule has 2 heterocycles. The first-order chi connectivity index (χ1) is 8.19. The zero-order chi connectivity index (χ0) is 12.3. The van der Waals surface area contributed by atoms with E-state index in [-0.39, 0.29) is 0 Å². The monoisotopic (exact) mass is 252 g/mol. The maximum atomic E-state index is 5.48. The average Bonchev–Trinajstić information content (AvgIpc) is 2.86. The van der Waals surface area contributed by atoms with E-state index in [2.05, 4.69) is 29.0 Å². The van der Waals surface area contributed by atoms with E-state index in [0.29, 0.717) is 18.4 Å². The molecule has 17 heavy (non-hydrogen) atoms. The van der Waals surface area contributed by atoms with Crippen LogP contribution in [0, 0.1) is 5.92 Å². The minimum Gasteiger partial charge on any atom is -0.332 e. The Balaban J connectivity index is 2.12. The molecule has 2 aromatic heterocycles. The second-order valence-corrected chi connectivity index (χ2v) is 5.22. The number of nitrogens with zero attached hydrogens (tertiary/aromatic N) is 3. The summed E-state index contributed by atoms with van der Waals surface area (Å²) in [7, 11) is 0. The molecule has 0 saturated heterocycles. The van der Waals surface area contributed by atoms with Gasteiger partial charge in [-0.2, -0.15) is 4.98 Å². The van der Waals surface area contributed by atoms with E-state index in [1.807, 2.05) is 5.38 Å². The van der Waals surface area contributed by atoms with Crippen LogP contribution >= 0.6 is 11.3 Å². The number of hydrogen-bond donors (Lipinski definition) is 1. The molecule has 0 saturated carbocycles. The lowest BCUT2D eigenvalue weighted by Gasteiger charge is -1.95. The first-order valence-electron chi connectivity index (χ1n) is 5.66. The van der Waals surface area contributed by atoms with Crippen molar-refractivity contribution in [2.24, 2.45) is 11.7 Å². The van der Waals surface area contributed by atoms with Crippen LogP contribution < -0.4 is 5.73 Å². The van der Waals surface area contributed by atoms with Crippen LogP contribution in [0.15, 0.2) is 9.90 Å². The molecule has 0 unspecified atom stereocenters. The Morgan fingerprint density at radius 1 is 1.41 bits per heavy atom. The van der Waals surface area contributed by atoms with Crippen LogP contribution in [0.3, 0.4) is 0 Å². The highest BCUT2D eigenvalue weighted by Crippen LogP contribution is 2.20. The van der Waals surface area contributed by atoms with Gasteiger partial charge in [0, 0.05) is 18.2 Å². The maximum absolute atomic E-state index is 5.48. The molecule has 5 nitrogen and oxygen atoms in total. The molecule has 2 aromatic rings. The van der Waals surface area contributed by atoms with E-state index < -0.39 is 0 Å². The van der Waals surface area contributed by atoms with Crippen LogP contribution in [0.25, 0.3) is 11.6 Å². The predicted octanol–water partition coefficient (Wildman–Crippen LogP) is 1.89. The first-order valence-corrected chi connectivity index (χ1v) is 6.54. The summed E-state index contributed by atoms with van der Waals surface area (Å²) in [6, 6.07) is 0. The van der Waals surface area contributed by atoms with Gasteiger partial charge in [-0.05, 0) is 12.5 Å². The van der Waals surface area contributed by atoms with E-state index in [9.17, 15) is 0 Å². The van der Waals surface area contributed by atoms with Crippen molar-refractivity contribution in [2.75, 3.05) is 6.54 Å². The summed E-state index contributed by atoms with van der Waals surface area (Å²) < 4.78 is 5.19. The summed E-state index contributed by atoms with van der Waals surface area (Å²) >= 11 is 1.57. The zero-order valence-corrected chi connectivity index (χ0v) is 10.8. The minimum atomic E-state index is 0.500. The van der Waals surface area contributed by atoms with Crippen LogP contribution in [-0.2, 0) is 12.8 Å². The topological polar surface area (TPSA) is 77.8 Å². The van der Waals surface area contributed by atoms with Gasteiger partial charge in [-0.15, -0.1) is 11.3 Å². The summed E-state index contributed by atoms with van der Waals surface area (Å²) in [5.41, 5.74) is 6.23. The standard InChI is InChI=1S/C11H16N4OS/c1-7(2)5-9-14-11(16-15-9)8-6-17-10(13-8)3-4-12/h6-7H,3-5,12H2,1-2H3. The predicted molar refractivity (Wildman–Crippen MR) is 66.7 cm³/mol. The normalized spacial score (nSPS) is 11.3. The Bertz CT molecular complexity index is 477. The third-order valence-electron chi connectivity index (χ3n) is 2.19. The molecule has 0 radical (unpaired) electrons. The highest BCUT2D eigenvalue weighted by atomic mass is 32.1. The molecule has 6 heteroatoms. The number of rotatable bonds is 5. The Labute approximate surface area is 104 Å². The van der Waals surface area contributed by atoms with Gasteiger partial charge in [0.1, 0.15) is 5.69 Å². The third-order valence-corrected chi connectivity index (χ3v) is 3.10. The fourth-order valence-electron chi connectivity index (χ4n) is 1.45. The number of hydrogen-bond acceptors (Lipinski definition) is 6. The SMILES string of the molecule is CC(C)Cc1noc(-c2csc(CCN)n2)n1. The summed E-state index contributed by atoms with van der Waals surface area (Å²) in [6.07, 6.45) is 1.61. The Morgan fingerprint density at radius 3 is 2.94 bits per heavy atom. The molecule has 92 valence electrons. The summed E-state index contributed by atoms with van der Waals surface area (Å²) in [5.74, 6) is 1.76. The molecule has 0 fully saturated rings. The van der Waals surface area contributed by atoms with Crippen LogP contribution in [0.4, 0.5) is 0 Å². The van der Waals surface area contributed by atoms with Crippen molar-refractivity contribution >= 4 is 11.3 Å². The number of nitrogens with two attached hydrogens (primary N) is 1. The highest BCUT2D eigenvalue weighted by Gasteiger charge is 2.13. The fraction of sp³-hybridized carbons (Fsp3) is 0.545. The van der Waals surface area contributed by atoms with E-state index >= 15 is 0 Å². The minimum absolute atomic E-state index is 0.500. The van der Waals surface area contributed by atoms with Gasteiger partial charge in [0.05, 0.1) is 5.01 Å². The van der Waals surface area contributed by atoms with Gasteiger partial charge >= 0.3 is 0 Å². The van der Waals surface area contributed by atoms with Gasteiger partial charge in [0.25, 0.3) is 5.89 Å². The summed E-state index contributed by atoms with van der Waals surface area (Å²) in [6.45, 7) is 4.85. The smallest absolute Gasteiger partial charge is 0.277 e. The molecule has 2 N–H and O–H groups in total. The Kier molecular flexibility index (Phi) is 3.86. The summed E-state index contributed by atoms with van der Waals surface area (Å²) in [5, 5.41) is 6.88. The van der Waals surface area contributed by atoms with Crippen LogP contribution in [-0.4, -0.2) is 21.7 Å². The van der Waals surface area contributed by atoms with Crippen LogP contribution in [0.5, 0.6) is 0 Å². The van der Waals surface area contributed by atoms with Gasteiger partial charge in [-0.1, -0.05) is 19.0 Å². The average molecular weight is 252 g/mol. The van der Waals surface area contributed by atoms with Crippen molar-refractivity contribution < 1.29 is 4.52 Å². The lowest BCUT2D eigenvalue weighted by atomic mass is 10.1. The second kappa shape index (κ2) is 5.37. The molecule has 0 atom stereocenters. The third kappa shape index (κ3) is 3.10. The number of thiazole rings is 1. The molecular formula is C11H16N4OS. The Morgan fingerprint density at radius 2 is 2.24 bits per heavy atom. The number of aromatic nitrogens is 3. The van der Waals surface area contributed by atoms with Gasteiger partial charge in [0.15, 0.2) is 5.82 Å². The van der Waals surface area contributed by atoms with E-state index in [1.165, 1.54) is 0 Å². The molecule has 0 amide bonds. The maximum Gasteiger partial charge on any atom is 0.277 e. The molecule has 0 bridgehead atoms. The molecule has 0 aliphatic heterocycles. The van der Waals surface area contributed by atoms with Gasteiger partial charge in [-0.3, -0.25) is 0 Å². The fourth-order valence-corrected chi connectivity index (χ4v) is 2.24. The first kappa shape index (κ1) is 12.2. The molecular weight excluding hydrogens is 236 g/mol. The molecule has 2 rings (SSSR count). The van der Waals surface area contributed by atoms with Crippen molar-refractivity contribution in [3.63, 3.8) is 0 Å². The largest absolute Gasteiger partial charge is 0.332 e. The Hall–Kier alpha value is -1.27. The van der Waals surface area contributed by atoms with Crippen LogP contribution in [0.1, 0.15) is 24.7 Å².